The van der Waals surface area contributed by atoms with Crippen LogP contribution in [0.4, 0.5) is 4.39 Å². The van der Waals surface area contributed by atoms with Crippen LogP contribution in [0.2, 0.25) is 0 Å². The largest absolute Gasteiger partial charge is 0.356 e. The van der Waals surface area contributed by atoms with Crippen LogP contribution in [0.1, 0.15) is 23.5 Å². The van der Waals surface area contributed by atoms with Crippen molar-refractivity contribution in [1.29, 1.82) is 0 Å². The molecule has 0 heterocycles. The van der Waals surface area contributed by atoms with Crippen molar-refractivity contribution in [2.75, 3.05) is 13.6 Å². The summed E-state index contributed by atoms with van der Waals surface area (Å²) in [6.45, 7) is 0.772. The molecular weight excluding hydrogens is 416 g/mol. The molecule has 2 atom stereocenters. The van der Waals surface area contributed by atoms with Crippen molar-refractivity contribution in [3.05, 3.63) is 71.5 Å². The van der Waals surface area contributed by atoms with E-state index in [-0.39, 0.29) is 29.8 Å². The van der Waals surface area contributed by atoms with Gasteiger partial charge in [-0.15, -0.1) is 24.0 Å². The molecule has 1 saturated carbocycles. The molecule has 2 unspecified atom stereocenters. The van der Waals surface area contributed by atoms with Gasteiger partial charge in [0.1, 0.15) is 5.82 Å². The van der Waals surface area contributed by atoms with Crippen molar-refractivity contribution in [2.24, 2.45) is 4.99 Å². The van der Waals surface area contributed by atoms with E-state index in [1.165, 1.54) is 17.7 Å². The third-order valence-electron chi connectivity index (χ3n) is 4.18. The summed E-state index contributed by atoms with van der Waals surface area (Å²) in [4.78, 5) is 4.28. The van der Waals surface area contributed by atoms with Crippen molar-refractivity contribution in [1.82, 2.24) is 10.6 Å². The summed E-state index contributed by atoms with van der Waals surface area (Å²) in [5.41, 5.74) is 2.50. The quantitative estimate of drug-likeness (QED) is 0.424. The van der Waals surface area contributed by atoms with E-state index in [4.69, 9.17) is 0 Å². The van der Waals surface area contributed by atoms with Crippen LogP contribution in [-0.4, -0.2) is 25.6 Å². The van der Waals surface area contributed by atoms with Crippen molar-refractivity contribution < 1.29 is 4.39 Å². The lowest BCUT2D eigenvalue weighted by molar-refractivity contribution is 0.626. The van der Waals surface area contributed by atoms with Crippen LogP contribution >= 0.6 is 24.0 Å². The van der Waals surface area contributed by atoms with Gasteiger partial charge in [-0.1, -0.05) is 42.5 Å². The zero-order chi connectivity index (χ0) is 16.1. The van der Waals surface area contributed by atoms with Gasteiger partial charge in [0, 0.05) is 25.6 Å². The van der Waals surface area contributed by atoms with Crippen LogP contribution in [0.5, 0.6) is 0 Å². The highest BCUT2D eigenvalue weighted by Crippen LogP contribution is 2.40. The lowest BCUT2D eigenvalue weighted by Crippen LogP contribution is -2.39. The van der Waals surface area contributed by atoms with Crippen molar-refractivity contribution in [2.45, 2.75) is 24.8 Å². The molecular formula is C19H23FIN3. The van der Waals surface area contributed by atoms with Crippen molar-refractivity contribution >= 4 is 29.9 Å². The van der Waals surface area contributed by atoms with E-state index >= 15 is 0 Å². The Balaban J connectivity index is 0.00000208. The van der Waals surface area contributed by atoms with Gasteiger partial charge in [0.2, 0.25) is 0 Å². The van der Waals surface area contributed by atoms with Gasteiger partial charge in [0.25, 0.3) is 0 Å². The Kier molecular flexibility index (Phi) is 7.02. The third-order valence-corrected chi connectivity index (χ3v) is 4.18. The molecule has 0 saturated heterocycles. The minimum absolute atomic E-state index is 0. The molecule has 0 aliphatic heterocycles. The average Bonchev–Trinajstić information content (AvgIpc) is 3.36. The highest BCUT2D eigenvalue weighted by molar-refractivity contribution is 14.0. The van der Waals surface area contributed by atoms with E-state index in [1.54, 1.807) is 7.05 Å². The van der Waals surface area contributed by atoms with Crippen LogP contribution in [0.3, 0.4) is 0 Å². The Bertz CT molecular complexity index is 658. The van der Waals surface area contributed by atoms with E-state index < -0.39 is 0 Å². The van der Waals surface area contributed by atoms with Crippen LogP contribution in [-0.2, 0) is 6.42 Å². The lowest BCUT2D eigenvalue weighted by Gasteiger charge is -2.12. The van der Waals surface area contributed by atoms with Crippen LogP contribution < -0.4 is 10.6 Å². The van der Waals surface area contributed by atoms with Gasteiger partial charge in [-0.25, -0.2) is 4.39 Å². The number of benzene rings is 2. The Morgan fingerprint density at radius 2 is 1.83 bits per heavy atom. The number of nitrogens with zero attached hydrogens (tertiary/aromatic N) is 1. The highest BCUT2D eigenvalue weighted by atomic mass is 127. The summed E-state index contributed by atoms with van der Waals surface area (Å²) >= 11 is 0. The van der Waals surface area contributed by atoms with Crippen molar-refractivity contribution in [3.63, 3.8) is 0 Å². The SMILES string of the molecule is CN=C(NCCc1ccc(F)cc1)NC1CC1c1ccccc1.I. The van der Waals surface area contributed by atoms with Gasteiger partial charge in [-0.05, 0) is 36.1 Å². The second-order valence-electron chi connectivity index (χ2n) is 5.88. The summed E-state index contributed by atoms with van der Waals surface area (Å²) in [6.07, 6.45) is 1.98. The molecule has 0 bridgehead atoms. The second kappa shape index (κ2) is 9.01. The first-order chi connectivity index (χ1) is 11.3. The standard InChI is InChI=1S/C19H22FN3.HI/c1-21-19(22-12-11-14-7-9-16(20)10-8-14)23-18-13-17(18)15-5-3-2-4-6-15;/h2-10,17-18H,11-13H2,1H3,(H2,21,22,23);1H. The molecule has 3 rings (SSSR count). The minimum atomic E-state index is -0.195. The normalized spacial score (nSPS) is 19.3. The maximum Gasteiger partial charge on any atom is 0.191 e. The molecule has 0 aromatic heterocycles. The molecule has 128 valence electrons. The topological polar surface area (TPSA) is 36.4 Å². The Morgan fingerprint density at radius 1 is 1.12 bits per heavy atom. The second-order valence-corrected chi connectivity index (χ2v) is 5.88. The predicted molar refractivity (Wildman–Crippen MR) is 108 cm³/mol. The first-order valence-corrected chi connectivity index (χ1v) is 8.03. The Morgan fingerprint density at radius 3 is 2.50 bits per heavy atom. The first-order valence-electron chi connectivity index (χ1n) is 8.03. The summed E-state index contributed by atoms with van der Waals surface area (Å²) in [7, 11) is 1.78. The Hall–Kier alpha value is -1.63. The summed E-state index contributed by atoms with van der Waals surface area (Å²) < 4.78 is 12.9. The van der Waals surface area contributed by atoms with Crippen molar-refractivity contribution in [3.8, 4) is 0 Å². The molecule has 2 aromatic carbocycles. The number of hydrogen-bond donors (Lipinski definition) is 2. The van der Waals surface area contributed by atoms with E-state index in [0.29, 0.717) is 12.0 Å². The number of nitrogens with one attached hydrogen (secondary N) is 2. The maximum atomic E-state index is 12.9. The van der Waals surface area contributed by atoms with Crippen LogP contribution in [0.25, 0.3) is 0 Å². The zero-order valence-corrected chi connectivity index (χ0v) is 16.0. The first kappa shape index (κ1) is 18.7. The fraction of sp³-hybridized carbons (Fsp3) is 0.316. The fourth-order valence-electron chi connectivity index (χ4n) is 2.77. The lowest BCUT2D eigenvalue weighted by atomic mass is 10.1. The van der Waals surface area contributed by atoms with E-state index in [1.807, 2.05) is 18.2 Å². The summed E-state index contributed by atoms with van der Waals surface area (Å²) in [6, 6.07) is 17.7. The number of guanidine groups is 1. The number of hydrogen-bond acceptors (Lipinski definition) is 1. The van der Waals surface area contributed by atoms with Gasteiger partial charge in [0.15, 0.2) is 5.96 Å². The number of rotatable bonds is 5. The summed E-state index contributed by atoms with van der Waals surface area (Å²) in [5.74, 6) is 1.21. The molecule has 3 nitrogen and oxygen atoms in total. The monoisotopic (exact) mass is 439 g/mol. The fourth-order valence-corrected chi connectivity index (χ4v) is 2.77. The molecule has 1 aliphatic rings. The molecule has 2 aromatic rings. The molecule has 0 spiro atoms. The average molecular weight is 439 g/mol. The molecule has 0 radical (unpaired) electrons. The van der Waals surface area contributed by atoms with E-state index in [9.17, 15) is 4.39 Å². The molecule has 2 N–H and O–H groups in total. The molecule has 24 heavy (non-hydrogen) atoms. The van der Waals surface area contributed by atoms with Gasteiger partial charge in [0.05, 0.1) is 0 Å². The predicted octanol–water partition coefficient (Wildman–Crippen LogP) is 3.71. The van der Waals surface area contributed by atoms with Gasteiger partial charge in [-0.2, -0.15) is 0 Å². The molecule has 5 heteroatoms. The van der Waals surface area contributed by atoms with Gasteiger partial charge < -0.3 is 10.6 Å². The number of halogens is 2. The van der Waals surface area contributed by atoms with Crippen LogP contribution in [0, 0.1) is 5.82 Å². The minimum Gasteiger partial charge on any atom is -0.356 e. The molecule has 0 amide bonds. The highest BCUT2D eigenvalue weighted by Gasteiger charge is 2.38. The van der Waals surface area contributed by atoms with E-state index in [0.717, 1.165) is 30.9 Å². The van der Waals surface area contributed by atoms with E-state index in [2.05, 4.69) is 39.9 Å². The molecule has 1 fully saturated rings. The number of aliphatic imine (C=N–C) groups is 1. The van der Waals surface area contributed by atoms with Gasteiger partial charge >= 0.3 is 0 Å². The van der Waals surface area contributed by atoms with Gasteiger partial charge in [-0.3, -0.25) is 4.99 Å². The summed E-state index contributed by atoms with van der Waals surface area (Å²) in [5, 5.41) is 6.78. The maximum absolute atomic E-state index is 12.9. The molecule has 1 aliphatic carbocycles. The smallest absolute Gasteiger partial charge is 0.191 e. The Labute approximate surface area is 159 Å². The van der Waals surface area contributed by atoms with Crippen LogP contribution in [0.15, 0.2) is 59.6 Å². The zero-order valence-electron chi connectivity index (χ0n) is 13.7. The third kappa shape index (κ3) is 5.19.